The number of ether oxygens (including phenoxy) is 1. The van der Waals surface area contributed by atoms with Crippen LogP contribution in [0.1, 0.15) is 44.0 Å². The van der Waals surface area contributed by atoms with E-state index in [-0.39, 0.29) is 10.8 Å². The zero-order chi connectivity index (χ0) is 21.0. The minimum atomic E-state index is -3.68. The lowest BCUT2D eigenvalue weighted by Crippen LogP contribution is -2.37. The van der Waals surface area contributed by atoms with Crippen molar-refractivity contribution in [2.24, 2.45) is 0 Å². The van der Waals surface area contributed by atoms with Crippen LogP contribution in [0, 0.1) is 13.8 Å². The summed E-state index contributed by atoms with van der Waals surface area (Å²) >= 11 is 0. The summed E-state index contributed by atoms with van der Waals surface area (Å²) in [6.45, 7) is 6.88. The lowest BCUT2D eigenvalue weighted by Gasteiger charge is -2.26. The van der Waals surface area contributed by atoms with Gasteiger partial charge in [-0.25, -0.2) is 13.1 Å². The average Bonchev–Trinajstić information content (AvgIpc) is 3.00. The molecule has 0 spiro atoms. The van der Waals surface area contributed by atoms with Gasteiger partial charge in [-0.1, -0.05) is 13.3 Å². The Balaban J connectivity index is 1.60. The van der Waals surface area contributed by atoms with Gasteiger partial charge in [-0.2, -0.15) is 5.10 Å². The van der Waals surface area contributed by atoms with Gasteiger partial charge in [-0.3, -0.25) is 9.48 Å². The summed E-state index contributed by atoms with van der Waals surface area (Å²) < 4.78 is 35.4. The molecular weight excluding hydrogens is 392 g/mol. The highest BCUT2D eigenvalue weighted by molar-refractivity contribution is 7.89. The molecule has 9 heteroatoms. The molecule has 1 aromatic carbocycles. The molecule has 2 heterocycles. The van der Waals surface area contributed by atoms with Crippen molar-refractivity contribution < 1.29 is 17.9 Å². The number of anilines is 1. The average molecular weight is 421 g/mol. The summed E-state index contributed by atoms with van der Waals surface area (Å²) in [4.78, 5) is 12.3. The van der Waals surface area contributed by atoms with E-state index in [2.05, 4.69) is 22.1 Å². The zero-order valence-corrected chi connectivity index (χ0v) is 17.9. The van der Waals surface area contributed by atoms with Crippen molar-refractivity contribution in [2.45, 2.75) is 64.0 Å². The number of sulfonamides is 1. The van der Waals surface area contributed by atoms with Crippen molar-refractivity contribution in [1.82, 2.24) is 14.5 Å². The third-order valence-electron chi connectivity index (χ3n) is 4.84. The largest absolute Gasteiger partial charge is 0.478 e. The quantitative estimate of drug-likeness (QED) is 0.607. The predicted octanol–water partition coefficient (Wildman–Crippen LogP) is 2.76. The maximum Gasteiger partial charge on any atom is 0.265 e. The molecule has 2 aromatic rings. The molecule has 1 aliphatic rings. The summed E-state index contributed by atoms with van der Waals surface area (Å²) in [5, 5.41) is 7.13. The van der Waals surface area contributed by atoms with Crippen molar-refractivity contribution in [3.63, 3.8) is 0 Å². The SMILES string of the molecule is CCCC[C@@H]1Oc2ccc(S(=O)(=O)NCCCn3nc(C)cc3C)cc2NC1=O. The van der Waals surface area contributed by atoms with E-state index in [0.29, 0.717) is 37.4 Å². The highest BCUT2D eigenvalue weighted by Gasteiger charge is 2.28. The van der Waals surface area contributed by atoms with Crippen LogP contribution in [-0.4, -0.2) is 36.8 Å². The van der Waals surface area contributed by atoms with E-state index in [1.54, 1.807) is 6.07 Å². The maximum atomic E-state index is 12.6. The van der Waals surface area contributed by atoms with Gasteiger partial charge in [0, 0.05) is 18.8 Å². The van der Waals surface area contributed by atoms with Crippen molar-refractivity contribution in [2.75, 3.05) is 11.9 Å². The van der Waals surface area contributed by atoms with Gasteiger partial charge in [-0.05, 0) is 57.4 Å². The molecule has 29 heavy (non-hydrogen) atoms. The first kappa shape index (κ1) is 21.3. The first-order chi connectivity index (χ1) is 13.8. The summed E-state index contributed by atoms with van der Waals surface area (Å²) in [7, 11) is -3.68. The van der Waals surface area contributed by atoms with Crippen LogP contribution >= 0.6 is 0 Å². The molecule has 0 fully saturated rings. The summed E-state index contributed by atoms with van der Waals surface area (Å²) in [5.41, 5.74) is 2.37. The highest BCUT2D eigenvalue weighted by atomic mass is 32.2. The molecule has 3 rings (SSSR count). The highest BCUT2D eigenvalue weighted by Crippen LogP contribution is 2.32. The number of nitrogens with one attached hydrogen (secondary N) is 2. The fraction of sp³-hybridized carbons (Fsp3) is 0.500. The number of hydrogen-bond acceptors (Lipinski definition) is 5. The van der Waals surface area contributed by atoms with Crippen molar-refractivity contribution in [1.29, 1.82) is 0 Å². The fourth-order valence-corrected chi connectivity index (χ4v) is 4.40. The molecule has 158 valence electrons. The van der Waals surface area contributed by atoms with E-state index >= 15 is 0 Å². The van der Waals surface area contributed by atoms with E-state index in [4.69, 9.17) is 4.74 Å². The van der Waals surface area contributed by atoms with Crippen molar-refractivity contribution in [3.05, 3.63) is 35.7 Å². The minimum absolute atomic E-state index is 0.0956. The molecule has 0 saturated carbocycles. The molecule has 8 nitrogen and oxygen atoms in total. The molecule has 1 atom stereocenters. The lowest BCUT2D eigenvalue weighted by molar-refractivity contribution is -0.123. The van der Waals surface area contributed by atoms with Gasteiger partial charge in [0.1, 0.15) is 5.75 Å². The topological polar surface area (TPSA) is 102 Å². The molecular formula is C20H28N4O4S. The number of aryl methyl sites for hydroxylation is 3. The zero-order valence-electron chi connectivity index (χ0n) is 17.1. The summed E-state index contributed by atoms with van der Waals surface area (Å²) in [6, 6.07) is 6.52. The smallest absolute Gasteiger partial charge is 0.265 e. The monoisotopic (exact) mass is 420 g/mol. The Morgan fingerprint density at radius 1 is 1.24 bits per heavy atom. The van der Waals surface area contributed by atoms with Crippen LogP contribution in [0.15, 0.2) is 29.2 Å². The Bertz CT molecular complexity index is 984. The first-order valence-electron chi connectivity index (χ1n) is 9.92. The number of fused-ring (bicyclic) bond motifs is 1. The Kier molecular flexibility index (Phi) is 6.59. The van der Waals surface area contributed by atoms with E-state index < -0.39 is 16.1 Å². The van der Waals surface area contributed by atoms with E-state index in [0.717, 1.165) is 24.2 Å². The van der Waals surface area contributed by atoms with Crippen LogP contribution in [0.3, 0.4) is 0 Å². The number of rotatable bonds is 9. The molecule has 0 radical (unpaired) electrons. The normalized spacial score (nSPS) is 16.2. The number of nitrogens with zero attached hydrogens (tertiary/aromatic N) is 2. The molecule has 0 saturated heterocycles. The van der Waals surface area contributed by atoms with Crippen molar-refractivity contribution >= 4 is 21.6 Å². The summed E-state index contributed by atoms with van der Waals surface area (Å²) in [6.07, 6.45) is 2.59. The number of hydrogen-bond donors (Lipinski definition) is 2. The third kappa shape index (κ3) is 5.16. The Labute approximate surface area is 171 Å². The number of carbonyl (C=O) groups excluding carboxylic acids is 1. The van der Waals surface area contributed by atoms with Crippen LogP contribution < -0.4 is 14.8 Å². The second kappa shape index (κ2) is 8.96. The van der Waals surface area contributed by atoms with E-state index in [1.165, 1.54) is 12.1 Å². The van der Waals surface area contributed by atoms with Gasteiger partial charge >= 0.3 is 0 Å². The first-order valence-corrected chi connectivity index (χ1v) is 11.4. The standard InChI is InChI=1S/C20H28N4O4S/c1-4-5-7-19-20(25)22-17-13-16(8-9-18(17)28-19)29(26,27)21-10-6-11-24-15(3)12-14(2)23-24/h8-9,12-13,19,21H,4-7,10-11H2,1-3H3,(H,22,25)/t19-/m0/s1. The molecule has 1 aliphatic heterocycles. The van der Waals surface area contributed by atoms with E-state index in [1.807, 2.05) is 24.6 Å². The lowest BCUT2D eigenvalue weighted by atomic mass is 10.1. The van der Waals surface area contributed by atoms with Gasteiger partial charge in [0.05, 0.1) is 16.3 Å². The molecule has 0 aliphatic carbocycles. The number of carbonyl (C=O) groups is 1. The Morgan fingerprint density at radius 2 is 2.03 bits per heavy atom. The molecule has 0 unspecified atom stereocenters. The van der Waals surface area contributed by atoms with Gasteiger partial charge in [0.2, 0.25) is 10.0 Å². The van der Waals surface area contributed by atoms with Crippen LogP contribution in [0.25, 0.3) is 0 Å². The van der Waals surface area contributed by atoms with Crippen LogP contribution in [0.2, 0.25) is 0 Å². The van der Waals surface area contributed by atoms with Crippen LogP contribution in [0.5, 0.6) is 5.75 Å². The number of unbranched alkanes of at least 4 members (excludes halogenated alkanes) is 1. The third-order valence-corrected chi connectivity index (χ3v) is 6.30. The Hall–Kier alpha value is -2.39. The van der Waals surface area contributed by atoms with Gasteiger partial charge in [0.25, 0.3) is 5.91 Å². The minimum Gasteiger partial charge on any atom is -0.478 e. The van der Waals surface area contributed by atoms with Crippen LogP contribution in [-0.2, 0) is 21.4 Å². The maximum absolute atomic E-state index is 12.6. The van der Waals surface area contributed by atoms with Crippen LogP contribution in [0.4, 0.5) is 5.69 Å². The fourth-order valence-electron chi connectivity index (χ4n) is 3.30. The van der Waals surface area contributed by atoms with E-state index in [9.17, 15) is 13.2 Å². The Morgan fingerprint density at radius 3 is 2.72 bits per heavy atom. The second-order valence-electron chi connectivity index (χ2n) is 7.30. The van der Waals surface area contributed by atoms with Gasteiger partial charge < -0.3 is 10.1 Å². The number of aromatic nitrogens is 2. The second-order valence-corrected chi connectivity index (χ2v) is 9.06. The molecule has 0 bridgehead atoms. The van der Waals surface area contributed by atoms with Gasteiger partial charge in [-0.15, -0.1) is 0 Å². The van der Waals surface area contributed by atoms with Crippen molar-refractivity contribution in [3.8, 4) is 5.75 Å². The predicted molar refractivity (Wildman–Crippen MR) is 111 cm³/mol. The molecule has 1 aromatic heterocycles. The van der Waals surface area contributed by atoms with Gasteiger partial charge in [0.15, 0.2) is 6.10 Å². The number of amides is 1. The molecule has 1 amide bonds. The number of benzene rings is 1. The molecule has 2 N–H and O–H groups in total. The summed E-state index contributed by atoms with van der Waals surface area (Å²) in [5.74, 6) is 0.257.